The molecule has 4 nitrogen and oxygen atoms in total. The molecule has 0 saturated heterocycles. The van der Waals surface area contributed by atoms with Gasteiger partial charge in [-0.05, 0) is 31.1 Å². The lowest BCUT2D eigenvalue weighted by atomic mass is 9.96. The normalized spacial score (nSPS) is 25.8. The summed E-state index contributed by atoms with van der Waals surface area (Å²) in [6, 6.07) is 0.610. The van der Waals surface area contributed by atoms with E-state index in [-0.39, 0.29) is 16.0 Å². The first-order valence-electron chi connectivity index (χ1n) is 7.49. The van der Waals surface area contributed by atoms with Crippen molar-refractivity contribution in [1.29, 1.82) is 0 Å². The third-order valence-corrected chi connectivity index (χ3v) is 6.61. The van der Waals surface area contributed by atoms with Gasteiger partial charge in [-0.25, -0.2) is 21.6 Å². The van der Waals surface area contributed by atoms with Crippen LogP contribution in [0.1, 0.15) is 23.7 Å². The van der Waals surface area contributed by atoms with Crippen LogP contribution >= 0.6 is 0 Å². The van der Waals surface area contributed by atoms with E-state index in [9.17, 15) is 31.8 Å². The van der Waals surface area contributed by atoms with E-state index in [1.807, 2.05) is 0 Å². The Hall–Kier alpha value is -1.90. The first kappa shape index (κ1) is 17.9. The van der Waals surface area contributed by atoms with E-state index in [1.54, 1.807) is 12.2 Å². The van der Waals surface area contributed by atoms with Crippen molar-refractivity contribution in [2.45, 2.75) is 30.8 Å². The van der Waals surface area contributed by atoms with Gasteiger partial charge in [0.1, 0.15) is 23.3 Å². The van der Waals surface area contributed by atoms with Crippen molar-refractivity contribution in [3.8, 4) is 0 Å². The van der Waals surface area contributed by atoms with Gasteiger partial charge < -0.3 is 10.2 Å². The number of halogens is 3. The summed E-state index contributed by atoms with van der Waals surface area (Å²) in [5.41, 5.74) is -1.35. The molecule has 1 heterocycles. The van der Waals surface area contributed by atoms with Crippen LogP contribution in [0.5, 0.6) is 0 Å². The molecule has 1 aromatic carbocycles. The lowest BCUT2D eigenvalue weighted by molar-refractivity contribution is 0.102. The molecular formula is C17H15F3O4S. The lowest BCUT2D eigenvalue weighted by Crippen LogP contribution is -2.36. The summed E-state index contributed by atoms with van der Waals surface area (Å²) >= 11 is 0. The number of benzene rings is 1. The molecule has 3 unspecified atom stereocenters. The SMILES string of the molecule is Cc1cc(F)c(F)c(C(O)C2C(O)C3=C(C=CCC=C3)S2(=O)=O)c1F. The number of sulfone groups is 1. The molecule has 0 radical (unpaired) electrons. The summed E-state index contributed by atoms with van der Waals surface area (Å²) in [5, 5.41) is 18.8. The fourth-order valence-electron chi connectivity index (χ4n) is 3.14. The van der Waals surface area contributed by atoms with Gasteiger partial charge in [-0.1, -0.05) is 18.2 Å². The van der Waals surface area contributed by atoms with Gasteiger partial charge >= 0.3 is 0 Å². The van der Waals surface area contributed by atoms with Gasteiger partial charge in [0.15, 0.2) is 21.5 Å². The van der Waals surface area contributed by atoms with Crippen LogP contribution < -0.4 is 0 Å². The molecule has 134 valence electrons. The number of aryl methyl sites for hydroxylation is 1. The van der Waals surface area contributed by atoms with E-state index in [1.165, 1.54) is 12.2 Å². The Morgan fingerprint density at radius 2 is 1.80 bits per heavy atom. The fraction of sp³-hybridized carbons (Fsp3) is 0.294. The molecular weight excluding hydrogens is 357 g/mol. The van der Waals surface area contributed by atoms with Crippen LogP contribution in [0.15, 0.2) is 40.8 Å². The maximum atomic E-state index is 14.3. The van der Waals surface area contributed by atoms with Crippen LogP contribution in [0.2, 0.25) is 0 Å². The van der Waals surface area contributed by atoms with E-state index < -0.39 is 50.3 Å². The molecule has 3 rings (SSSR count). The largest absolute Gasteiger partial charge is 0.387 e. The zero-order valence-electron chi connectivity index (χ0n) is 13.1. The lowest BCUT2D eigenvalue weighted by Gasteiger charge is -2.23. The highest BCUT2D eigenvalue weighted by Crippen LogP contribution is 2.42. The van der Waals surface area contributed by atoms with Crippen molar-refractivity contribution in [3.05, 3.63) is 69.4 Å². The minimum absolute atomic E-state index is 0.0340. The predicted molar refractivity (Wildman–Crippen MR) is 84.7 cm³/mol. The molecule has 0 spiro atoms. The second kappa shape index (κ2) is 6.12. The van der Waals surface area contributed by atoms with Crippen molar-refractivity contribution in [2.75, 3.05) is 0 Å². The Morgan fingerprint density at radius 1 is 1.16 bits per heavy atom. The summed E-state index contributed by atoms with van der Waals surface area (Å²) in [6.07, 6.45) is 2.32. The Labute approximate surface area is 142 Å². The number of aliphatic hydroxyl groups excluding tert-OH is 2. The number of hydrogen-bond acceptors (Lipinski definition) is 4. The monoisotopic (exact) mass is 372 g/mol. The Kier molecular flexibility index (Phi) is 4.38. The van der Waals surface area contributed by atoms with Crippen LogP contribution in [0.3, 0.4) is 0 Å². The van der Waals surface area contributed by atoms with Gasteiger partial charge in [0.2, 0.25) is 0 Å². The van der Waals surface area contributed by atoms with Gasteiger partial charge in [-0.2, -0.15) is 0 Å². The second-order valence-electron chi connectivity index (χ2n) is 5.98. The molecule has 25 heavy (non-hydrogen) atoms. The van der Waals surface area contributed by atoms with Crippen LogP contribution in [-0.4, -0.2) is 30.0 Å². The average Bonchev–Trinajstić information content (AvgIpc) is 2.72. The maximum absolute atomic E-state index is 14.3. The molecule has 1 aromatic rings. The Bertz CT molecular complexity index is 905. The highest BCUT2D eigenvalue weighted by atomic mass is 32.2. The Balaban J connectivity index is 2.15. The minimum Gasteiger partial charge on any atom is -0.387 e. The van der Waals surface area contributed by atoms with Crippen molar-refractivity contribution in [1.82, 2.24) is 0 Å². The Morgan fingerprint density at radius 3 is 2.48 bits per heavy atom. The van der Waals surface area contributed by atoms with Crippen molar-refractivity contribution in [2.24, 2.45) is 0 Å². The highest BCUT2D eigenvalue weighted by Gasteiger charge is 2.50. The van der Waals surface area contributed by atoms with E-state index in [0.29, 0.717) is 12.5 Å². The van der Waals surface area contributed by atoms with E-state index >= 15 is 0 Å². The number of hydrogen-bond donors (Lipinski definition) is 2. The third-order valence-electron chi connectivity index (χ3n) is 4.40. The van der Waals surface area contributed by atoms with Crippen molar-refractivity contribution in [3.63, 3.8) is 0 Å². The topological polar surface area (TPSA) is 74.6 Å². The predicted octanol–water partition coefficient (Wildman–Crippen LogP) is 2.37. The van der Waals surface area contributed by atoms with Gasteiger partial charge in [-0.15, -0.1) is 0 Å². The molecule has 0 fully saturated rings. The molecule has 0 bridgehead atoms. The molecule has 3 atom stereocenters. The number of allylic oxidation sites excluding steroid dienone is 3. The first-order chi connectivity index (χ1) is 11.7. The summed E-state index contributed by atoms with van der Waals surface area (Å²) in [5.74, 6) is -4.33. The number of rotatable bonds is 2. The standard InChI is InChI=1S/C17H15F3O4S/c1-8-7-10(18)14(20)12(13(8)19)16(22)17-15(21)9-5-3-2-4-6-11(9)25(17,23)24/h3-7,15-17,21-22H,2H2,1H3. The van der Waals surface area contributed by atoms with E-state index in [2.05, 4.69) is 0 Å². The smallest absolute Gasteiger partial charge is 0.187 e. The third kappa shape index (κ3) is 2.65. The van der Waals surface area contributed by atoms with Gasteiger partial charge in [0, 0.05) is 5.57 Å². The maximum Gasteiger partial charge on any atom is 0.187 e. The second-order valence-corrected chi connectivity index (χ2v) is 8.05. The molecule has 0 saturated carbocycles. The molecule has 2 N–H and O–H groups in total. The van der Waals surface area contributed by atoms with Gasteiger partial charge in [-0.3, -0.25) is 0 Å². The average molecular weight is 372 g/mol. The van der Waals surface area contributed by atoms with Gasteiger partial charge in [0.25, 0.3) is 0 Å². The molecule has 1 aliphatic heterocycles. The molecule has 2 aliphatic rings. The summed E-state index contributed by atoms with van der Waals surface area (Å²) in [7, 11) is -4.28. The summed E-state index contributed by atoms with van der Waals surface area (Å²) < 4.78 is 67.3. The molecule has 0 aromatic heterocycles. The van der Waals surface area contributed by atoms with E-state index in [0.717, 1.165) is 6.92 Å². The van der Waals surface area contributed by atoms with Crippen LogP contribution in [0.25, 0.3) is 0 Å². The summed E-state index contributed by atoms with van der Waals surface area (Å²) in [6.45, 7) is 1.16. The van der Waals surface area contributed by atoms with Gasteiger partial charge in [0.05, 0.1) is 10.5 Å². The minimum atomic E-state index is -4.28. The zero-order valence-corrected chi connectivity index (χ0v) is 13.9. The molecule has 0 amide bonds. The first-order valence-corrected chi connectivity index (χ1v) is 9.03. The van der Waals surface area contributed by atoms with Crippen LogP contribution in [0, 0.1) is 24.4 Å². The fourth-order valence-corrected chi connectivity index (χ4v) is 5.20. The quantitative estimate of drug-likeness (QED) is 0.782. The summed E-state index contributed by atoms with van der Waals surface area (Å²) in [4.78, 5) is -0.216. The molecule has 1 aliphatic carbocycles. The van der Waals surface area contributed by atoms with E-state index in [4.69, 9.17) is 0 Å². The van der Waals surface area contributed by atoms with Crippen molar-refractivity contribution >= 4 is 9.84 Å². The van der Waals surface area contributed by atoms with Crippen molar-refractivity contribution < 1.29 is 31.8 Å². The van der Waals surface area contributed by atoms with Crippen LogP contribution in [-0.2, 0) is 9.84 Å². The molecule has 8 heteroatoms. The van der Waals surface area contributed by atoms with Crippen LogP contribution in [0.4, 0.5) is 13.2 Å². The zero-order chi connectivity index (χ0) is 18.5. The number of aliphatic hydroxyl groups is 2. The highest BCUT2D eigenvalue weighted by molar-refractivity contribution is 7.96.